The van der Waals surface area contributed by atoms with Crippen molar-refractivity contribution in [2.75, 3.05) is 19.8 Å². The van der Waals surface area contributed by atoms with Crippen molar-refractivity contribution in [3.63, 3.8) is 0 Å². The first-order valence-corrected chi connectivity index (χ1v) is 13.4. The largest absolute Gasteiger partial charge is 0.345 e. The number of aromatic nitrogens is 2. The van der Waals surface area contributed by atoms with Crippen molar-refractivity contribution >= 4 is 15.2 Å². The average Bonchev–Trinajstić information content (AvgIpc) is 2.71. The molecule has 0 radical (unpaired) electrons. The molecule has 1 aromatic carbocycles. The van der Waals surface area contributed by atoms with Crippen LogP contribution in [0.4, 0.5) is 0 Å². The van der Waals surface area contributed by atoms with Crippen molar-refractivity contribution in [3.8, 4) is 11.3 Å². The highest BCUT2D eigenvalue weighted by Gasteiger charge is 2.48. The molecule has 0 bridgehead atoms. The molecule has 172 valence electrons. The van der Waals surface area contributed by atoms with E-state index in [2.05, 4.69) is 4.98 Å². The Balaban J connectivity index is 2.43. The average molecular weight is 472 g/mol. The third-order valence-corrected chi connectivity index (χ3v) is 10.2. The van der Waals surface area contributed by atoms with E-state index in [9.17, 15) is 18.8 Å². The van der Waals surface area contributed by atoms with Crippen LogP contribution in [0, 0.1) is 0 Å². The molecule has 2 rings (SSSR count). The summed E-state index contributed by atoms with van der Waals surface area (Å²) in [5, 5.41) is -1.41. The van der Waals surface area contributed by atoms with Crippen LogP contribution in [0.3, 0.4) is 0 Å². The SMILES string of the molecule is CCOP(=O)(O)C(CCc1nc(-c2ccccc2)cc(=O)n1C)P(=O)(OCC)OCC. The van der Waals surface area contributed by atoms with Gasteiger partial charge in [0.2, 0.25) is 0 Å². The molecule has 0 aliphatic rings. The minimum Gasteiger partial charge on any atom is -0.324 e. The fourth-order valence-corrected chi connectivity index (χ4v) is 7.78. The van der Waals surface area contributed by atoms with Crippen molar-refractivity contribution in [1.82, 2.24) is 9.55 Å². The molecule has 0 amide bonds. The van der Waals surface area contributed by atoms with Gasteiger partial charge in [-0.2, -0.15) is 0 Å². The van der Waals surface area contributed by atoms with E-state index < -0.39 is 20.6 Å². The molecule has 2 atom stereocenters. The molecule has 0 spiro atoms. The number of benzene rings is 1. The molecule has 9 nitrogen and oxygen atoms in total. The lowest BCUT2D eigenvalue weighted by atomic mass is 10.1. The third kappa shape index (κ3) is 6.45. The van der Waals surface area contributed by atoms with Gasteiger partial charge in [-0.15, -0.1) is 0 Å². The Morgan fingerprint density at radius 2 is 1.61 bits per heavy atom. The summed E-state index contributed by atoms with van der Waals surface area (Å²) in [5.41, 5.74) is 0.995. The maximum Gasteiger partial charge on any atom is 0.345 e. The predicted octanol–water partition coefficient (Wildman–Crippen LogP) is 4.19. The Bertz CT molecular complexity index is 1000. The van der Waals surface area contributed by atoms with Crippen LogP contribution in [0.5, 0.6) is 0 Å². The van der Waals surface area contributed by atoms with Crippen molar-refractivity contribution in [1.29, 1.82) is 0 Å². The van der Waals surface area contributed by atoms with Gasteiger partial charge in [0.05, 0.1) is 25.5 Å². The molecule has 1 heterocycles. The molecular formula is C20H30N2O7P2. The van der Waals surface area contributed by atoms with Crippen molar-refractivity contribution < 1.29 is 27.6 Å². The van der Waals surface area contributed by atoms with Crippen LogP contribution in [0.25, 0.3) is 11.3 Å². The summed E-state index contributed by atoms with van der Waals surface area (Å²) < 4.78 is 43.3. The van der Waals surface area contributed by atoms with E-state index in [-0.39, 0.29) is 38.2 Å². The van der Waals surface area contributed by atoms with Crippen LogP contribution >= 0.6 is 15.2 Å². The Hall–Kier alpha value is -1.60. The first kappa shape index (κ1) is 25.7. The zero-order chi connectivity index (χ0) is 23.1. The van der Waals surface area contributed by atoms with Gasteiger partial charge in [-0.05, 0) is 27.2 Å². The van der Waals surface area contributed by atoms with E-state index in [1.807, 2.05) is 30.3 Å². The summed E-state index contributed by atoms with van der Waals surface area (Å²) in [6.45, 7) is 4.87. The van der Waals surface area contributed by atoms with Gasteiger partial charge in [0, 0.05) is 25.1 Å². The highest BCUT2D eigenvalue weighted by molar-refractivity contribution is 7.72. The molecule has 0 saturated carbocycles. The molecule has 31 heavy (non-hydrogen) atoms. The maximum atomic E-state index is 13.4. The number of hydrogen-bond donors (Lipinski definition) is 1. The monoisotopic (exact) mass is 472 g/mol. The number of aryl methyl sites for hydroxylation is 1. The molecule has 11 heteroatoms. The molecule has 0 aliphatic heterocycles. The normalized spacial score (nSPS) is 14.9. The van der Waals surface area contributed by atoms with E-state index in [1.54, 1.807) is 27.8 Å². The van der Waals surface area contributed by atoms with E-state index in [0.717, 1.165) is 5.56 Å². The van der Waals surface area contributed by atoms with E-state index in [4.69, 9.17) is 13.6 Å². The summed E-state index contributed by atoms with van der Waals surface area (Å²) in [4.78, 5) is 27.5. The predicted molar refractivity (Wildman–Crippen MR) is 119 cm³/mol. The minimum atomic E-state index is -4.35. The van der Waals surface area contributed by atoms with Crippen LogP contribution in [0.15, 0.2) is 41.2 Å². The molecule has 1 N–H and O–H groups in total. The Morgan fingerprint density at radius 3 is 2.16 bits per heavy atom. The number of nitrogens with zero attached hydrogens (tertiary/aromatic N) is 2. The molecule has 0 fully saturated rings. The second-order valence-electron chi connectivity index (χ2n) is 6.70. The van der Waals surface area contributed by atoms with E-state index in [0.29, 0.717) is 11.5 Å². The van der Waals surface area contributed by atoms with Gasteiger partial charge in [0.15, 0.2) is 5.40 Å². The van der Waals surface area contributed by atoms with Gasteiger partial charge in [0.1, 0.15) is 5.82 Å². The Morgan fingerprint density at radius 1 is 1.03 bits per heavy atom. The lowest BCUT2D eigenvalue weighted by molar-refractivity contribution is 0.208. The number of rotatable bonds is 12. The molecule has 2 aromatic rings. The van der Waals surface area contributed by atoms with Gasteiger partial charge in [-0.1, -0.05) is 30.3 Å². The molecule has 1 aromatic heterocycles. The van der Waals surface area contributed by atoms with Crippen LogP contribution < -0.4 is 5.56 Å². The van der Waals surface area contributed by atoms with Gasteiger partial charge >= 0.3 is 15.2 Å². The Labute approximate surface area is 182 Å². The Kier molecular flexibility index (Phi) is 9.37. The van der Waals surface area contributed by atoms with Crippen molar-refractivity contribution in [2.24, 2.45) is 7.05 Å². The fourth-order valence-electron chi connectivity index (χ4n) is 3.17. The second kappa shape index (κ2) is 11.3. The van der Waals surface area contributed by atoms with Crippen LogP contribution in [0.2, 0.25) is 0 Å². The van der Waals surface area contributed by atoms with E-state index >= 15 is 0 Å². The zero-order valence-corrected chi connectivity index (χ0v) is 20.1. The van der Waals surface area contributed by atoms with Crippen molar-refractivity contribution in [2.45, 2.75) is 39.0 Å². The van der Waals surface area contributed by atoms with Gasteiger partial charge < -0.3 is 18.5 Å². The number of hydrogen-bond acceptors (Lipinski definition) is 7. The summed E-state index contributed by atoms with van der Waals surface area (Å²) in [6, 6.07) is 10.7. The smallest absolute Gasteiger partial charge is 0.324 e. The van der Waals surface area contributed by atoms with Crippen LogP contribution in [0.1, 0.15) is 33.0 Å². The minimum absolute atomic E-state index is 0.0389. The summed E-state index contributed by atoms with van der Waals surface area (Å²) in [7, 11) is -6.74. The summed E-state index contributed by atoms with van der Waals surface area (Å²) >= 11 is 0. The summed E-state index contributed by atoms with van der Waals surface area (Å²) in [5.74, 6) is 0.382. The first-order chi connectivity index (χ1) is 14.7. The zero-order valence-electron chi connectivity index (χ0n) is 18.3. The second-order valence-corrected chi connectivity index (χ2v) is 11.3. The quantitative estimate of drug-likeness (QED) is 0.457. The molecule has 0 saturated heterocycles. The molecule has 2 unspecified atom stereocenters. The lowest BCUT2D eigenvalue weighted by Gasteiger charge is -2.29. The van der Waals surface area contributed by atoms with Gasteiger partial charge in [-0.3, -0.25) is 18.5 Å². The molecule has 0 aliphatic carbocycles. The molecular weight excluding hydrogens is 442 g/mol. The van der Waals surface area contributed by atoms with Gasteiger partial charge in [0.25, 0.3) is 5.56 Å². The standard InChI is InChI=1S/C20H30N2O7P2/c1-5-27-30(24,25)20(31(26,28-6-2)29-7-3)14-13-18-21-17(15-19(23)22(18)4)16-11-9-8-10-12-16/h8-12,15,20H,5-7,13-14H2,1-4H3,(H,24,25). The topological polar surface area (TPSA) is 117 Å². The van der Waals surface area contributed by atoms with Crippen molar-refractivity contribution in [3.05, 3.63) is 52.6 Å². The van der Waals surface area contributed by atoms with Gasteiger partial charge in [-0.25, -0.2) is 4.98 Å². The fraction of sp³-hybridized carbons (Fsp3) is 0.500. The maximum absolute atomic E-state index is 13.4. The first-order valence-electron chi connectivity index (χ1n) is 10.2. The highest BCUT2D eigenvalue weighted by atomic mass is 31.2. The highest BCUT2D eigenvalue weighted by Crippen LogP contribution is 2.69. The third-order valence-electron chi connectivity index (χ3n) is 4.60. The summed E-state index contributed by atoms with van der Waals surface area (Å²) in [6.07, 6.45) is 0.0163. The van der Waals surface area contributed by atoms with Crippen LogP contribution in [-0.2, 0) is 36.2 Å². The van der Waals surface area contributed by atoms with Crippen LogP contribution in [-0.4, -0.2) is 39.7 Å². The lowest BCUT2D eigenvalue weighted by Crippen LogP contribution is -2.24. The van der Waals surface area contributed by atoms with E-state index in [1.165, 1.54) is 10.6 Å².